The van der Waals surface area contributed by atoms with Crippen LogP contribution in [-0.2, 0) is 11.2 Å². The summed E-state index contributed by atoms with van der Waals surface area (Å²) in [7, 11) is 0. The molecule has 0 aromatic heterocycles. The minimum absolute atomic E-state index is 0. The van der Waals surface area contributed by atoms with E-state index in [2.05, 4.69) is 0 Å². The monoisotopic (exact) mass is 194 g/mol. The van der Waals surface area contributed by atoms with E-state index < -0.39 is 24.0 Å². The third-order valence-electron chi connectivity index (χ3n) is 1.33. The maximum Gasteiger partial charge on any atom is 1.00 e. The van der Waals surface area contributed by atoms with Gasteiger partial charge in [0.05, 0.1) is 0 Å². The van der Waals surface area contributed by atoms with Gasteiger partial charge in [-0.1, -0.05) is 6.07 Å². The topological polar surface area (TPSA) is 40.1 Å². The van der Waals surface area contributed by atoms with Crippen molar-refractivity contribution in [1.29, 1.82) is 0 Å². The van der Waals surface area contributed by atoms with Gasteiger partial charge < -0.3 is 9.90 Å². The summed E-state index contributed by atoms with van der Waals surface area (Å²) in [4.78, 5) is 10.0. The molecule has 2 nitrogen and oxygen atoms in total. The van der Waals surface area contributed by atoms with Gasteiger partial charge in [0, 0.05) is 12.4 Å². The van der Waals surface area contributed by atoms with Crippen molar-refractivity contribution in [3.05, 3.63) is 35.4 Å². The Bertz CT molecular complexity index is 315. The van der Waals surface area contributed by atoms with E-state index in [1.807, 2.05) is 0 Å². The van der Waals surface area contributed by atoms with Crippen LogP contribution in [0.2, 0.25) is 0 Å². The van der Waals surface area contributed by atoms with Crippen LogP contribution in [0.15, 0.2) is 18.2 Å². The third kappa shape index (κ3) is 3.85. The second-order valence-corrected chi connectivity index (χ2v) is 2.30. The van der Waals surface area contributed by atoms with E-state index in [4.69, 9.17) is 0 Å². The zero-order valence-electron chi connectivity index (χ0n) is 7.01. The van der Waals surface area contributed by atoms with Crippen molar-refractivity contribution in [2.75, 3.05) is 0 Å². The van der Waals surface area contributed by atoms with Gasteiger partial charge in [-0.2, -0.15) is 0 Å². The Hall–Kier alpha value is -0.450. The summed E-state index contributed by atoms with van der Waals surface area (Å²) in [5, 5.41) is 10.0. The van der Waals surface area contributed by atoms with Crippen LogP contribution in [-0.4, -0.2) is 5.97 Å². The number of benzene rings is 1. The van der Waals surface area contributed by atoms with Crippen molar-refractivity contribution in [3.8, 4) is 0 Å². The standard InChI is InChI=1S/C8H6F2O2.Na/c9-6-2-1-5(3-7(6)10)4-8(11)12;/h1-3H,4H2,(H,11,12);/q;+1/p-1. The largest absolute Gasteiger partial charge is 1.00 e. The first-order valence-electron chi connectivity index (χ1n) is 3.23. The van der Waals surface area contributed by atoms with Gasteiger partial charge in [0.1, 0.15) is 0 Å². The molecule has 0 heterocycles. The van der Waals surface area contributed by atoms with Crippen LogP contribution in [0.5, 0.6) is 0 Å². The molecule has 5 heteroatoms. The van der Waals surface area contributed by atoms with E-state index in [9.17, 15) is 18.7 Å². The quantitative estimate of drug-likeness (QED) is 0.479. The van der Waals surface area contributed by atoms with Gasteiger partial charge in [-0.05, 0) is 17.7 Å². The predicted octanol–water partition coefficient (Wildman–Crippen LogP) is -2.74. The summed E-state index contributed by atoms with van der Waals surface area (Å²) in [6.45, 7) is 0. The minimum Gasteiger partial charge on any atom is -0.550 e. The number of carboxylic acids is 1. The number of halogens is 2. The Kier molecular flexibility index (Phi) is 5.13. The molecule has 0 spiro atoms. The molecule has 0 unspecified atom stereocenters. The molecule has 0 radical (unpaired) electrons. The molecule has 0 fully saturated rings. The molecular formula is C8H5F2NaO2. The van der Waals surface area contributed by atoms with E-state index in [1.165, 1.54) is 6.07 Å². The summed E-state index contributed by atoms with van der Waals surface area (Å²) in [6.07, 6.45) is -0.406. The average molecular weight is 194 g/mol. The molecule has 13 heavy (non-hydrogen) atoms. The van der Waals surface area contributed by atoms with E-state index in [0.717, 1.165) is 12.1 Å². The molecule has 0 amide bonds. The Morgan fingerprint density at radius 2 is 1.92 bits per heavy atom. The van der Waals surface area contributed by atoms with Gasteiger partial charge >= 0.3 is 29.6 Å². The van der Waals surface area contributed by atoms with Crippen LogP contribution < -0.4 is 34.7 Å². The Morgan fingerprint density at radius 1 is 1.31 bits per heavy atom. The summed E-state index contributed by atoms with van der Waals surface area (Å²) in [5.74, 6) is -3.35. The normalized spacial score (nSPS) is 9.08. The van der Waals surface area contributed by atoms with Gasteiger partial charge in [0.15, 0.2) is 11.6 Å². The molecular weight excluding hydrogens is 189 g/mol. The van der Waals surface area contributed by atoms with Crippen molar-refractivity contribution in [3.63, 3.8) is 0 Å². The maximum absolute atomic E-state index is 12.4. The SMILES string of the molecule is O=C([O-])Cc1ccc(F)c(F)c1.[Na+]. The number of hydrogen-bond donors (Lipinski definition) is 0. The Labute approximate surface area is 95.9 Å². The second kappa shape index (κ2) is 5.32. The fourth-order valence-electron chi connectivity index (χ4n) is 0.816. The van der Waals surface area contributed by atoms with Gasteiger partial charge in [-0.25, -0.2) is 8.78 Å². The summed E-state index contributed by atoms with van der Waals surface area (Å²) in [6, 6.07) is 2.92. The number of hydrogen-bond acceptors (Lipinski definition) is 2. The number of carboxylic acid groups (broad SMARTS) is 1. The predicted molar refractivity (Wildman–Crippen MR) is 35.1 cm³/mol. The molecule has 0 saturated heterocycles. The van der Waals surface area contributed by atoms with Crippen LogP contribution in [0.4, 0.5) is 8.78 Å². The van der Waals surface area contributed by atoms with E-state index >= 15 is 0 Å². The molecule has 0 aliphatic heterocycles. The molecule has 0 bridgehead atoms. The van der Waals surface area contributed by atoms with Gasteiger partial charge in [0.25, 0.3) is 0 Å². The van der Waals surface area contributed by atoms with Crippen molar-refractivity contribution in [2.24, 2.45) is 0 Å². The molecule has 0 saturated carbocycles. The minimum atomic E-state index is -1.32. The Morgan fingerprint density at radius 3 is 2.38 bits per heavy atom. The molecule has 0 N–H and O–H groups in total. The van der Waals surface area contributed by atoms with Crippen LogP contribution in [0.25, 0.3) is 0 Å². The number of aliphatic carboxylic acids is 1. The van der Waals surface area contributed by atoms with Crippen molar-refractivity contribution in [2.45, 2.75) is 6.42 Å². The van der Waals surface area contributed by atoms with Crippen molar-refractivity contribution < 1.29 is 48.2 Å². The molecule has 0 aliphatic rings. The van der Waals surface area contributed by atoms with Crippen molar-refractivity contribution in [1.82, 2.24) is 0 Å². The maximum atomic E-state index is 12.4. The van der Waals surface area contributed by atoms with E-state index in [1.54, 1.807) is 0 Å². The second-order valence-electron chi connectivity index (χ2n) is 2.30. The Balaban J connectivity index is 0.00000144. The van der Waals surface area contributed by atoms with E-state index in [-0.39, 0.29) is 35.1 Å². The van der Waals surface area contributed by atoms with Gasteiger partial charge in [-0.15, -0.1) is 0 Å². The molecule has 1 rings (SSSR count). The number of rotatable bonds is 2. The molecule has 1 aromatic rings. The van der Waals surface area contributed by atoms with Crippen LogP contribution in [0.3, 0.4) is 0 Å². The van der Waals surface area contributed by atoms with Gasteiger partial charge in [0.2, 0.25) is 0 Å². The van der Waals surface area contributed by atoms with E-state index in [0.29, 0.717) is 0 Å². The molecule has 1 aromatic carbocycles. The zero-order valence-corrected chi connectivity index (χ0v) is 9.01. The number of carbonyl (C=O) groups excluding carboxylic acids is 1. The van der Waals surface area contributed by atoms with Crippen LogP contribution in [0, 0.1) is 11.6 Å². The van der Waals surface area contributed by atoms with Crippen molar-refractivity contribution >= 4 is 5.97 Å². The fourth-order valence-corrected chi connectivity index (χ4v) is 0.816. The van der Waals surface area contributed by atoms with Crippen LogP contribution in [0.1, 0.15) is 5.56 Å². The molecule has 0 aliphatic carbocycles. The average Bonchev–Trinajstić information content (AvgIpc) is 1.96. The first-order chi connectivity index (χ1) is 5.59. The number of carbonyl (C=O) groups is 1. The smallest absolute Gasteiger partial charge is 0.550 e. The fraction of sp³-hybridized carbons (Fsp3) is 0.125. The summed E-state index contributed by atoms with van der Waals surface area (Å²) < 4.78 is 24.7. The first-order valence-corrected chi connectivity index (χ1v) is 3.23. The molecule has 64 valence electrons. The summed E-state index contributed by atoms with van der Waals surface area (Å²) >= 11 is 0. The molecule has 0 atom stereocenters. The first kappa shape index (κ1) is 12.6. The summed E-state index contributed by atoms with van der Waals surface area (Å²) in [5.41, 5.74) is 0.189. The van der Waals surface area contributed by atoms with Gasteiger partial charge in [-0.3, -0.25) is 0 Å². The third-order valence-corrected chi connectivity index (χ3v) is 1.33. The zero-order chi connectivity index (χ0) is 9.14. The van der Waals surface area contributed by atoms with Crippen LogP contribution >= 0.6 is 0 Å².